The summed E-state index contributed by atoms with van der Waals surface area (Å²) < 4.78 is 0. The molecule has 0 bridgehead atoms. The second kappa shape index (κ2) is 18.4. The van der Waals surface area contributed by atoms with Gasteiger partial charge in [-0.2, -0.15) is 5.26 Å². The summed E-state index contributed by atoms with van der Waals surface area (Å²) in [7, 11) is 0. The largest absolute Gasteiger partial charge is 0.342 e. The number of carbonyl (C=O) groups is 1. The molecular weight excluding hydrogens is 372 g/mol. The predicted octanol–water partition coefficient (Wildman–Crippen LogP) is 8.36. The van der Waals surface area contributed by atoms with Crippen LogP contribution in [0.3, 0.4) is 0 Å². The monoisotopic (exact) mass is 418 g/mol. The van der Waals surface area contributed by atoms with Crippen LogP contribution in [0.2, 0.25) is 0 Å². The number of carbonyl (C=O) groups excluding carboxylic acids is 1. The average molecular weight is 419 g/mol. The molecule has 30 heavy (non-hydrogen) atoms. The fourth-order valence-electron chi connectivity index (χ4n) is 4.11. The van der Waals surface area contributed by atoms with E-state index in [4.69, 9.17) is 5.26 Å². The van der Waals surface area contributed by atoms with E-state index in [0.717, 1.165) is 12.8 Å². The Bertz CT molecular complexity index is 553. The highest BCUT2D eigenvalue weighted by Gasteiger charge is 2.02. The van der Waals surface area contributed by atoms with Crippen molar-refractivity contribution in [2.45, 2.75) is 129 Å². The van der Waals surface area contributed by atoms with E-state index in [1.807, 2.05) is 0 Å². The van der Waals surface area contributed by atoms with Crippen LogP contribution in [0.25, 0.3) is 0 Å². The fourth-order valence-corrected chi connectivity index (χ4v) is 4.11. The summed E-state index contributed by atoms with van der Waals surface area (Å²) in [5, 5.41) is 8.18. The molecule has 0 radical (unpaired) electrons. The molecule has 3 nitrogen and oxygen atoms in total. The van der Waals surface area contributed by atoms with Gasteiger partial charge >= 0.3 is 5.97 Å². The lowest BCUT2D eigenvalue weighted by Gasteiger charge is -2.09. The molecule has 172 valence electrons. The molecule has 1 aromatic rings. The summed E-state index contributed by atoms with van der Waals surface area (Å²) in [4.78, 5) is 14.4. The molecule has 0 heterocycles. The minimum absolute atomic E-state index is 0.335. The van der Waals surface area contributed by atoms with E-state index in [2.05, 4.69) is 36.9 Å². The standard InChI is InChI=1S/C27H46O3/c1-3-4-19-26-23-25(22-21-24(26)2)18-16-14-12-10-8-6-5-7-9-11-13-15-17-20-27(28)30-29/h21-23,29H,3-20H2,1-2H3. The van der Waals surface area contributed by atoms with Crippen molar-refractivity contribution >= 4 is 5.97 Å². The molecule has 0 fully saturated rings. The van der Waals surface area contributed by atoms with Crippen molar-refractivity contribution in [2.75, 3.05) is 0 Å². The maximum absolute atomic E-state index is 10.8. The summed E-state index contributed by atoms with van der Waals surface area (Å²) in [5.74, 6) is -0.512. The van der Waals surface area contributed by atoms with Gasteiger partial charge in [0.1, 0.15) is 0 Å². The van der Waals surface area contributed by atoms with E-state index < -0.39 is 5.97 Å². The first kappa shape index (κ1) is 26.7. The lowest BCUT2D eigenvalue weighted by Crippen LogP contribution is -1.99. The van der Waals surface area contributed by atoms with Crippen molar-refractivity contribution in [3.05, 3.63) is 34.9 Å². The highest BCUT2D eigenvalue weighted by molar-refractivity contribution is 5.68. The summed E-state index contributed by atoms with van der Waals surface area (Å²) >= 11 is 0. The first-order chi connectivity index (χ1) is 14.7. The second-order valence-electron chi connectivity index (χ2n) is 8.92. The summed E-state index contributed by atoms with van der Waals surface area (Å²) in [6, 6.07) is 7.09. The zero-order valence-corrected chi connectivity index (χ0v) is 19.7. The van der Waals surface area contributed by atoms with Crippen LogP contribution in [-0.4, -0.2) is 11.2 Å². The van der Waals surface area contributed by atoms with Crippen LogP contribution >= 0.6 is 0 Å². The average Bonchev–Trinajstić information content (AvgIpc) is 2.76. The van der Waals surface area contributed by atoms with Gasteiger partial charge in [-0.25, -0.2) is 4.79 Å². The lowest BCUT2D eigenvalue weighted by molar-refractivity contribution is -0.234. The molecule has 1 aromatic carbocycles. The van der Waals surface area contributed by atoms with Crippen LogP contribution in [0, 0.1) is 6.92 Å². The van der Waals surface area contributed by atoms with Crippen LogP contribution < -0.4 is 0 Å². The van der Waals surface area contributed by atoms with Gasteiger partial charge in [-0.15, -0.1) is 0 Å². The van der Waals surface area contributed by atoms with Crippen LogP contribution in [0.5, 0.6) is 0 Å². The number of hydrogen-bond donors (Lipinski definition) is 1. The van der Waals surface area contributed by atoms with Gasteiger partial charge in [0.25, 0.3) is 0 Å². The van der Waals surface area contributed by atoms with Gasteiger partial charge in [-0.05, 0) is 55.7 Å². The summed E-state index contributed by atoms with van der Waals surface area (Å²) in [6.07, 6.45) is 21.9. The molecule has 0 aliphatic heterocycles. The maximum Gasteiger partial charge on any atom is 0.342 e. The molecule has 0 saturated heterocycles. The highest BCUT2D eigenvalue weighted by atomic mass is 17.1. The van der Waals surface area contributed by atoms with Crippen molar-refractivity contribution in [1.29, 1.82) is 0 Å². The third kappa shape index (κ3) is 13.8. The molecule has 0 atom stereocenters. The molecule has 0 amide bonds. The summed E-state index contributed by atoms with van der Waals surface area (Å²) in [6.45, 7) is 4.51. The van der Waals surface area contributed by atoms with Crippen LogP contribution in [0.15, 0.2) is 18.2 Å². The molecule has 1 rings (SSSR count). The van der Waals surface area contributed by atoms with E-state index in [0.29, 0.717) is 6.42 Å². The molecule has 0 unspecified atom stereocenters. The Morgan fingerprint density at radius 2 is 1.30 bits per heavy atom. The molecule has 0 aliphatic carbocycles. The van der Waals surface area contributed by atoms with Crippen molar-refractivity contribution in [2.24, 2.45) is 0 Å². The third-order valence-electron chi connectivity index (χ3n) is 6.16. The third-order valence-corrected chi connectivity index (χ3v) is 6.16. The van der Waals surface area contributed by atoms with Gasteiger partial charge in [-0.1, -0.05) is 102 Å². The van der Waals surface area contributed by atoms with E-state index in [1.54, 1.807) is 5.56 Å². The van der Waals surface area contributed by atoms with Crippen molar-refractivity contribution in [3.63, 3.8) is 0 Å². The topological polar surface area (TPSA) is 46.5 Å². The van der Waals surface area contributed by atoms with Gasteiger partial charge in [0.05, 0.1) is 0 Å². The smallest absolute Gasteiger partial charge is 0.301 e. The molecule has 0 aliphatic rings. The Morgan fingerprint density at radius 1 is 0.767 bits per heavy atom. The number of unbranched alkanes of at least 4 members (excludes halogenated alkanes) is 13. The molecule has 0 aromatic heterocycles. The molecular formula is C27H46O3. The van der Waals surface area contributed by atoms with Crippen LogP contribution in [0.1, 0.15) is 126 Å². The van der Waals surface area contributed by atoms with Gasteiger partial charge < -0.3 is 4.89 Å². The Morgan fingerprint density at radius 3 is 1.83 bits per heavy atom. The van der Waals surface area contributed by atoms with Crippen LogP contribution in [0.4, 0.5) is 0 Å². The van der Waals surface area contributed by atoms with Crippen LogP contribution in [-0.2, 0) is 22.5 Å². The minimum atomic E-state index is -0.512. The van der Waals surface area contributed by atoms with E-state index in [9.17, 15) is 4.79 Å². The lowest BCUT2D eigenvalue weighted by atomic mass is 9.97. The Labute approximate surface area is 185 Å². The normalized spacial score (nSPS) is 11.0. The summed E-state index contributed by atoms with van der Waals surface area (Å²) in [5.41, 5.74) is 4.54. The van der Waals surface area contributed by atoms with Gasteiger partial charge in [0.15, 0.2) is 0 Å². The number of aryl methyl sites for hydroxylation is 3. The fraction of sp³-hybridized carbons (Fsp3) is 0.741. The van der Waals surface area contributed by atoms with Gasteiger partial charge in [0.2, 0.25) is 0 Å². The molecule has 3 heteroatoms. The highest BCUT2D eigenvalue weighted by Crippen LogP contribution is 2.17. The van der Waals surface area contributed by atoms with Gasteiger partial charge in [0, 0.05) is 6.42 Å². The number of hydrogen-bond acceptors (Lipinski definition) is 3. The Hall–Kier alpha value is -1.35. The Balaban J connectivity index is 1.89. The first-order valence-corrected chi connectivity index (χ1v) is 12.6. The second-order valence-corrected chi connectivity index (χ2v) is 8.92. The zero-order chi connectivity index (χ0) is 21.9. The number of rotatable bonds is 19. The quantitative estimate of drug-likeness (QED) is 0.139. The minimum Gasteiger partial charge on any atom is -0.301 e. The van der Waals surface area contributed by atoms with E-state index in [-0.39, 0.29) is 0 Å². The maximum atomic E-state index is 10.8. The van der Waals surface area contributed by atoms with E-state index in [1.165, 1.54) is 107 Å². The van der Waals surface area contributed by atoms with Crippen molar-refractivity contribution in [3.8, 4) is 0 Å². The molecule has 1 N–H and O–H groups in total. The van der Waals surface area contributed by atoms with Gasteiger partial charge in [-0.3, -0.25) is 0 Å². The molecule has 0 saturated carbocycles. The zero-order valence-electron chi connectivity index (χ0n) is 19.7. The van der Waals surface area contributed by atoms with E-state index >= 15 is 0 Å². The molecule has 0 spiro atoms. The predicted molar refractivity (Wildman–Crippen MR) is 127 cm³/mol. The Kier molecular flexibility index (Phi) is 16.4. The first-order valence-electron chi connectivity index (χ1n) is 12.6. The SMILES string of the molecule is CCCCc1cc(CCCCCCCCCCCCCCCC(=O)OO)ccc1C. The van der Waals surface area contributed by atoms with Crippen molar-refractivity contribution < 1.29 is 14.9 Å². The van der Waals surface area contributed by atoms with Crippen molar-refractivity contribution in [1.82, 2.24) is 0 Å². The number of benzene rings is 1.